The lowest BCUT2D eigenvalue weighted by atomic mass is 9.79. The second kappa shape index (κ2) is 6.61. The summed E-state index contributed by atoms with van der Waals surface area (Å²) in [5, 5.41) is 0. The summed E-state index contributed by atoms with van der Waals surface area (Å²) < 4.78 is 14.5. The summed E-state index contributed by atoms with van der Waals surface area (Å²) in [6.45, 7) is 5.44. The Bertz CT molecular complexity index is 1150. The van der Waals surface area contributed by atoms with Crippen molar-refractivity contribution in [3.63, 3.8) is 0 Å². The van der Waals surface area contributed by atoms with Gasteiger partial charge < -0.3 is 4.90 Å². The molecule has 2 aromatic carbocycles. The normalized spacial score (nSPS) is 26.7. The Balaban J connectivity index is 1.69. The van der Waals surface area contributed by atoms with Crippen molar-refractivity contribution in [2.24, 2.45) is 17.3 Å². The molecule has 4 atom stereocenters. The third-order valence-electron chi connectivity index (χ3n) is 6.56. The van der Waals surface area contributed by atoms with Crippen LogP contribution in [0.15, 0.2) is 54.7 Å². The number of hydrogen-bond donors (Lipinski definition) is 0. The van der Waals surface area contributed by atoms with Crippen LogP contribution in [-0.4, -0.2) is 28.5 Å². The summed E-state index contributed by atoms with van der Waals surface area (Å²) in [5.41, 5.74) is 1.10. The summed E-state index contributed by atoms with van der Waals surface area (Å²) in [6.07, 6.45) is 3.74. The molecule has 0 aliphatic carbocycles. The lowest BCUT2D eigenvalue weighted by molar-refractivity contribution is -0.135. The van der Waals surface area contributed by atoms with E-state index in [1.54, 1.807) is 6.07 Å². The van der Waals surface area contributed by atoms with Gasteiger partial charge in [-0.1, -0.05) is 57.2 Å². The van der Waals surface area contributed by atoms with Gasteiger partial charge in [0.1, 0.15) is 11.9 Å². The topological polar surface area (TPSA) is 57.7 Å². The number of hydrogen-bond acceptors (Lipinski definition) is 4. The van der Waals surface area contributed by atoms with Gasteiger partial charge in [0.15, 0.2) is 5.78 Å². The number of carbonyl (C=O) groups is 3. The van der Waals surface area contributed by atoms with Gasteiger partial charge in [0, 0.05) is 11.6 Å². The third kappa shape index (κ3) is 2.70. The Morgan fingerprint density at radius 3 is 2.29 bits per heavy atom. The molecular formula is C25H23FN2O3. The second-order valence-electron chi connectivity index (χ2n) is 9.41. The average molecular weight is 418 g/mol. The Hall–Kier alpha value is -3.28. The van der Waals surface area contributed by atoms with E-state index in [-0.39, 0.29) is 11.5 Å². The van der Waals surface area contributed by atoms with Crippen LogP contribution in [0, 0.1) is 23.1 Å². The van der Waals surface area contributed by atoms with E-state index in [4.69, 9.17) is 0 Å². The van der Waals surface area contributed by atoms with E-state index in [0.29, 0.717) is 0 Å². The van der Waals surface area contributed by atoms with Gasteiger partial charge in [0.2, 0.25) is 11.8 Å². The van der Waals surface area contributed by atoms with Gasteiger partial charge in [0.25, 0.3) is 0 Å². The number of fused-ring (bicyclic) bond motifs is 5. The highest BCUT2D eigenvalue weighted by molar-refractivity contribution is 6.24. The number of ketones is 1. The van der Waals surface area contributed by atoms with Crippen LogP contribution in [-0.2, 0) is 14.4 Å². The van der Waals surface area contributed by atoms with Gasteiger partial charge in [-0.3, -0.25) is 14.4 Å². The summed E-state index contributed by atoms with van der Waals surface area (Å²) in [7, 11) is 0. The molecule has 3 aliphatic rings. The van der Waals surface area contributed by atoms with E-state index in [2.05, 4.69) is 0 Å². The van der Waals surface area contributed by atoms with Crippen LogP contribution in [0.25, 0.3) is 6.08 Å². The first-order valence-electron chi connectivity index (χ1n) is 10.4. The molecule has 3 aliphatic heterocycles. The number of benzene rings is 2. The van der Waals surface area contributed by atoms with Crippen molar-refractivity contribution in [1.29, 1.82) is 0 Å². The first-order valence-corrected chi connectivity index (χ1v) is 10.4. The van der Waals surface area contributed by atoms with Gasteiger partial charge in [-0.25, -0.2) is 9.29 Å². The summed E-state index contributed by atoms with van der Waals surface area (Å²) >= 11 is 0. The highest BCUT2D eigenvalue weighted by atomic mass is 19.1. The molecule has 0 radical (unpaired) electrons. The van der Waals surface area contributed by atoms with Gasteiger partial charge >= 0.3 is 0 Å². The molecule has 0 spiro atoms. The van der Waals surface area contributed by atoms with Gasteiger partial charge in [-0.15, -0.1) is 0 Å². The number of rotatable bonds is 2. The van der Waals surface area contributed by atoms with E-state index in [1.165, 1.54) is 18.2 Å². The molecule has 4 unspecified atom stereocenters. The lowest BCUT2D eigenvalue weighted by Gasteiger charge is -2.37. The van der Waals surface area contributed by atoms with Crippen molar-refractivity contribution in [3.8, 4) is 0 Å². The maximum absolute atomic E-state index is 14.5. The number of nitrogens with zero attached hydrogens (tertiary/aromatic N) is 2. The standard InChI is InChI=1S/C25H23FN2O3/c1-25(2,3)22(29)21-19-18(20-15-9-5-4-8-14(15)12-13-27(20)21)23(30)28(24(19)31)17-11-7-6-10-16(17)26/h4-13,18-21H,1-3H3. The molecule has 2 fully saturated rings. The fourth-order valence-electron chi connectivity index (χ4n) is 5.17. The molecule has 5 nitrogen and oxygen atoms in total. The Kier molecular flexibility index (Phi) is 4.19. The van der Waals surface area contributed by atoms with Gasteiger partial charge in [-0.05, 0) is 29.3 Å². The maximum atomic E-state index is 14.5. The van der Waals surface area contributed by atoms with Crippen molar-refractivity contribution >= 4 is 29.4 Å². The van der Waals surface area contributed by atoms with Crippen LogP contribution in [0.4, 0.5) is 10.1 Å². The van der Waals surface area contributed by atoms with Crippen molar-refractivity contribution in [3.05, 3.63) is 71.7 Å². The van der Waals surface area contributed by atoms with Crippen LogP contribution < -0.4 is 4.90 Å². The molecule has 3 heterocycles. The number of anilines is 1. The number of para-hydroxylation sites is 1. The van der Waals surface area contributed by atoms with E-state index in [1.807, 2.05) is 62.2 Å². The average Bonchev–Trinajstić information content (AvgIpc) is 3.20. The minimum Gasteiger partial charge on any atom is -0.359 e. The molecule has 6 heteroatoms. The molecule has 0 aromatic heterocycles. The minimum atomic E-state index is -0.861. The molecule has 0 saturated carbocycles. The second-order valence-corrected chi connectivity index (χ2v) is 9.41. The van der Waals surface area contributed by atoms with Gasteiger partial charge in [0.05, 0.1) is 23.6 Å². The molecule has 158 valence electrons. The number of amides is 2. The molecule has 2 saturated heterocycles. The monoisotopic (exact) mass is 418 g/mol. The Morgan fingerprint density at radius 1 is 0.935 bits per heavy atom. The number of halogens is 1. The first kappa shape index (κ1) is 19.7. The zero-order valence-corrected chi connectivity index (χ0v) is 17.6. The van der Waals surface area contributed by atoms with Crippen LogP contribution in [0.5, 0.6) is 0 Å². The van der Waals surface area contributed by atoms with E-state index >= 15 is 0 Å². The van der Waals surface area contributed by atoms with Crippen molar-refractivity contribution in [2.45, 2.75) is 32.9 Å². The van der Waals surface area contributed by atoms with Gasteiger partial charge in [-0.2, -0.15) is 0 Å². The number of Topliss-reactive ketones (excluding diaryl/α,β-unsaturated/α-hetero) is 1. The van der Waals surface area contributed by atoms with E-state index < -0.39 is 47.0 Å². The Labute approximate surface area is 180 Å². The van der Waals surface area contributed by atoms with Crippen LogP contribution in [0.1, 0.15) is 37.9 Å². The van der Waals surface area contributed by atoms with Crippen molar-refractivity contribution in [1.82, 2.24) is 4.90 Å². The number of carbonyl (C=O) groups excluding carboxylic acids is 3. The smallest absolute Gasteiger partial charge is 0.240 e. The molecular weight excluding hydrogens is 395 g/mol. The molecule has 0 N–H and O–H groups in total. The van der Waals surface area contributed by atoms with Crippen LogP contribution >= 0.6 is 0 Å². The molecule has 2 aromatic rings. The fraction of sp³-hybridized carbons (Fsp3) is 0.320. The van der Waals surface area contributed by atoms with Crippen LogP contribution in [0.2, 0.25) is 0 Å². The number of imide groups is 1. The molecule has 2 amide bonds. The highest BCUT2D eigenvalue weighted by Crippen LogP contribution is 2.54. The predicted molar refractivity (Wildman–Crippen MR) is 114 cm³/mol. The van der Waals surface area contributed by atoms with Crippen molar-refractivity contribution < 1.29 is 18.8 Å². The quantitative estimate of drug-likeness (QED) is 0.693. The third-order valence-corrected chi connectivity index (χ3v) is 6.56. The molecule has 0 bridgehead atoms. The van der Waals surface area contributed by atoms with E-state index in [0.717, 1.165) is 16.0 Å². The maximum Gasteiger partial charge on any atom is 0.240 e. The summed E-state index contributed by atoms with van der Waals surface area (Å²) in [5.74, 6) is -3.32. The lowest BCUT2D eigenvalue weighted by Crippen LogP contribution is -2.47. The zero-order chi connectivity index (χ0) is 22.1. The molecule has 31 heavy (non-hydrogen) atoms. The highest BCUT2D eigenvalue weighted by Gasteiger charge is 2.65. The first-order chi connectivity index (χ1) is 14.7. The largest absolute Gasteiger partial charge is 0.359 e. The van der Waals surface area contributed by atoms with Crippen molar-refractivity contribution in [2.75, 3.05) is 4.90 Å². The van der Waals surface area contributed by atoms with Crippen LogP contribution in [0.3, 0.4) is 0 Å². The molecule has 5 rings (SSSR count). The summed E-state index contributed by atoms with van der Waals surface area (Å²) in [4.78, 5) is 43.5. The van der Waals surface area contributed by atoms with E-state index in [9.17, 15) is 18.8 Å². The summed E-state index contributed by atoms with van der Waals surface area (Å²) in [6, 6.07) is 12.2. The fourth-order valence-corrected chi connectivity index (χ4v) is 5.17. The predicted octanol–water partition coefficient (Wildman–Crippen LogP) is 3.96. The zero-order valence-electron chi connectivity index (χ0n) is 17.6. The Morgan fingerprint density at radius 2 is 1.58 bits per heavy atom. The SMILES string of the molecule is CC(C)(C)C(=O)C1C2C(=O)N(c3ccccc3F)C(=O)C2C2c3ccccc3C=CN12. The minimum absolute atomic E-state index is 0.0555.